The summed E-state index contributed by atoms with van der Waals surface area (Å²) in [6.07, 6.45) is 3.06. The van der Waals surface area contributed by atoms with E-state index in [1.54, 1.807) is 12.1 Å². The SMILES string of the molecule is COC(=O)c1ccc(CNCCc2c[nH]c3ccccc23)cc1. The lowest BCUT2D eigenvalue weighted by Gasteiger charge is -2.06. The molecule has 0 saturated carbocycles. The number of nitrogens with one attached hydrogen (secondary N) is 2. The van der Waals surface area contributed by atoms with Crippen molar-refractivity contribution in [3.8, 4) is 0 Å². The van der Waals surface area contributed by atoms with Crippen LogP contribution < -0.4 is 5.32 Å². The highest BCUT2D eigenvalue weighted by atomic mass is 16.5. The first-order valence-electron chi connectivity index (χ1n) is 7.71. The number of para-hydroxylation sites is 1. The van der Waals surface area contributed by atoms with E-state index < -0.39 is 0 Å². The van der Waals surface area contributed by atoms with Gasteiger partial charge in [-0.2, -0.15) is 0 Å². The molecule has 0 spiro atoms. The van der Waals surface area contributed by atoms with Crippen LogP contribution >= 0.6 is 0 Å². The monoisotopic (exact) mass is 308 g/mol. The fourth-order valence-corrected chi connectivity index (χ4v) is 2.67. The average Bonchev–Trinajstić information content (AvgIpc) is 3.02. The molecule has 2 N–H and O–H groups in total. The lowest BCUT2D eigenvalue weighted by molar-refractivity contribution is 0.0600. The summed E-state index contributed by atoms with van der Waals surface area (Å²) in [5.41, 5.74) is 4.24. The van der Waals surface area contributed by atoms with Gasteiger partial charge in [-0.05, 0) is 42.3 Å². The van der Waals surface area contributed by atoms with Crippen LogP contribution in [0.2, 0.25) is 0 Å². The van der Waals surface area contributed by atoms with E-state index in [2.05, 4.69) is 34.7 Å². The Balaban J connectivity index is 1.51. The van der Waals surface area contributed by atoms with Crippen LogP contribution in [0.3, 0.4) is 0 Å². The van der Waals surface area contributed by atoms with Gasteiger partial charge in [-0.1, -0.05) is 30.3 Å². The van der Waals surface area contributed by atoms with Crippen molar-refractivity contribution in [2.24, 2.45) is 0 Å². The van der Waals surface area contributed by atoms with Crippen LogP contribution in [0.4, 0.5) is 0 Å². The Morgan fingerprint density at radius 2 is 1.91 bits per heavy atom. The van der Waals surface area contributed by atoms with Crippen molar-refractivity contribution in [3.63, 3.8) is 0 Å². The molecule has 0 unspecified atom stereocenters. The summed E-state index contributed by atoms with van der Waals surface area (Å²) in [6, 6.07) is 15.8. The first-order valence-corrected chi connectivity index (χ1v) is 7.71. The molecular weight excluding hydrogens is 288 g/mol. The number of ether oxygens (including phenoxy) is 1. The quantitative estimate of drug-likeness (QED) is 0.543. The first kappa shape index (κ1) is 15.3. The number of hydrogen-bond acceptors (Lipinski definition) is 3. The Hall–Kier alpha value is -2.59. The van der Waals surface area contributed by atoms with Crippen molar-refractivity contribution in [1.29, 1.82) is 0 Å². The topological polar surface area (TPSA) is 54.1 Å². The van der Waals surface area contributed by atoms with Crippen LogP contribution in [0.1, 0.15) is 21.5 Å². The third-order valence-corrected chi connectivity index (χ3v) is 3.95. The highest BCUT2D eigenvalue weighted by Crippen LogP contribution is 2.17. The normalized spacial score (nSPS) is 10.8. The Bertz CT molecular complexity index is 790. The second-order valence-corrected chi connectivity index (χ2v) is 5.47. The number of benzene rings is 2. The maximum absolute atomic E-state index is 11.4. The first-order chi connectivity index (χ1) is 11.3. The van der Waals surface area contributed by atoms with Gasteiger partial charge in [-0.3, -0.25) is 0 Å². The smallest absolute Gasteiger partial charge is 0.337 e. The van der Waals surface area contributed by atoms with Gasteiger partial charge in [0.2, 0.25) is 0 Å². The predicted molar refractivity (Wildman–Crippen MR) is 91.5 cm³/mol. The van der Waals surface area contributed by atoms with E-state index in [1.807, 2.05) is 18.2 Å². The second-order valence-electron chi connectivity index (χ2n) is 5.47. The fraction of sp³-hybridized carbons (Fsp3) is 0.211. The van der Waals surface area contributed by atoms with Crippen LogP contribution in [0.25, 0.3) is 10.9 Å². The highest BCUT2D eigenvalue weighted by Gasteiger charge is 2.05. The summed E-state index contributed by atoms with van der Waals surface area (Å²) in [4.78, 5) is 14.7. The van der Waals surface area contributed by atoms with E-state index in [9.17, 15) is 4.79 Å². The summed E-state index contributed by atoms with van der Waals surface area (Å²) in [5.74, 6) is -0.302. The Morgan fingerprint density at radius 3 is 2.70 bits per heavy atom. The van der Waals surface area contributed by atoms with Crippen molar-refractivity contribution >= 4 is 16.9 Å². The number of fused-ring (bicyclic) bond motifs is 1. The molecule has 0 bridgehead atoms. The average molecular weight is 308 g/mol. The van der Waals surface area contributed by atoms with Crippen molar-refractivity contribution in [3.05, 3.63) is 71.4 Å². The molecule has 3 aromatic rings. The van der Waals surface area contributed by atoms with Crippen LogP contribution in [0.15, 0.2) is 54.7 Å². The number of carbonyl (C=O) groups excluding carboxylic acids is 1. The van der Waals surface area contributed by atoms with E-state index in [-0.39, 0.29) is 5.97 Å². The van der Waals surface area contributed by atoms with Gasteiger partial charge in [0.1, 0.15) is 0 Å². The molecule has 0 saturated heterocycles. The molecule has 23 heavy (non-hydrogen) atoms. The van der Waals surface area contributed by atoms with Crippen molar-refractivity contribution in [1.82, 2.24) is 10.3 Å². The van der Waals surface area contributed by atoms with E-state index in [4.69, 9.17) is 4.74 Å². The predicted octanol–water partition coefficient (Wildman–Crippen LogP) is 3.29. The fourth-order valence-electron chi connectivity index (χ4n) is 2.67. The summed E-state index contributed by atoms with van der Waals surface area (Å²) in [6.45, 7) is 1.68. The van der Waals surface area contributed by atoms with E-state index in [0.29, 0.717) is 5.56 Å². The van der Waals surface area contributed by atoms with Gasteiger partial charge >= 0.3 is 5.97 Å². The third kappa shape index (κ3) is 3.60. The standard InChI is InChI=1S/C19H20N2O2/c1-23-19(22)15-8-6-14(7-9-15)12-20-11-10-16-13-21-18-5-3-2-4-17(16)18/h2-9,13,20-21H,10-12H2,1H3. The van der Waals surface area contributed by atoms with Crippen LogP contribution in [-0.2, 0) is 17.7 Å². The molecule has 0 aliphatic heterocycles. The molecule has 4 nitrogen and oxygen atoms in total. The van der Waals surface area contributed by atoms with Crippen molar-refractivity contribution in [2.45, 2.75) is 13.0 Å². The largest absolute Gasteiger partial charge is 0.465 e. The summed E-state index contributed by atoms with van der Waals surface area (Å²) >= 11 is 0. The van der Waals surface area contributed by atoms with Gasteiger partial charge in [0.15, 0.2) is 0 Å². The molecule has 0 aliphatic carbocycles. The Morgan fingerprint density at radius 1 is 1.13 bits per heavy atom. The van der Waals surface area contributed by atoms with Gasteiger partial charge < -0.3 is 15.0 Å². The van der Waals surface area contributed by atoms with Gasteiger partial charge in [0.05, 0.1) is 12.7 Å². The maximum atomic E-state index is 11.4. The summed E-state index contributed by atoms with van der Waals surface area (Å²) in [7, 11) is 1.39. The maximum Gasteiger partial charge on any atom is 0.337 e. The Labute approximate surface area is 135 Å². The number of aromatic nitrogens is 1. The summed E-state index contributed by atoms with van der Waals surface area (Å²) in [5, 5.41) is 4.73. The van der Waals surface area contributed by atoms with E-state index in [0.717, 1.165) is 25.1 Å². The van der Waals surface area contributed by atoms with Crippen molar-refractivity contribution < 1.29 is 9.53 Å². The lowest BCUT2D eigenvalue weighted by Crippen LogP contribution is -2.16. The number of esters is 1. The molecular formula is C19H20N2O2. The Kier molecular flexibility index (Phi) is 4.74. The molecule has 118 valence electrons. The van der Waals surface area contributed by atoms with Crippen LogP contribution in [-0.4, -0.2) is 24.6 Å². The zero-order valence-corrected chi connectivity index (χ0v) is 13.1. The van der Waals surface area contributed by atoms with E-state index >= 15 is 0 Å². The number of H-pyrrole nitrogens is 1. The molecule has 1 aromatic heterocycles. The zero-order valence-electron chi connectivity index (χ0n) is 13.1. The highest BCUT2D eigenvalue weighted by molar-refractivity contribution is 5.89. The molecule has 0 radical (unpaired) electrons. The minimum Gasteiger partial charge on any atom is -0.465 e. The molecule has 0 aliphatic rings. The second kappa shape index (κ2) is 7.11. The van der Waals surface area contributed by atoms with Gasteiger partial charge in [-0.15, -0.1) is 0 Å². The van der Waals surface area contributed by atoms with E-state index in [1.165, 1.54) is 23.6 Å². The van der Waals surface area contributed by atoms with Gasteiger partial charge in [0.25, 0.3) is 0 Å². The van der Waals surface area contributed by atoms with Crippen LogP contribution in [0, 0.1) is 0 Å². The minimum absolute atomic E-state index is 0.302. The third-order valence-electron chi connectivity index (χ3n) is 3.95. The zero-order chi connectivity index (χ0) is 16.1. The summed E-state index contributed by atoms with van der Waals surface area (Å²) < 4.78 is 4.69. The molecule has 2 aromatic carbocycles. The molecule has 0 atom stereocenters. The number of hydrogen-bond donors (Lipinski definition) is 2. The van der Waals surface area contributed by atoms with Gasteiger partial charge in [0, 0.05) is 23.6 Å². The van der Waals surface area contributed by atoms with Gasteiger partial charge in [-0.25, -0.2) is 4.79 Å². The lowest BCUT2D eigenvalue weighted by atomic mass is 10.1. The molecule has 3 rings (SSSR count). The molecule has 1 heterocycles. The van der Waals surface area contributed by atoms with Crippen molar-refractivity contribution in [2.75, 3.05) is 13.7 Å². The molecule has 4 heteroatoms. The van der Waals surface area contributed by atoms with Crippen LogP contribution in [0.5, 0.6) is 0 Å². The minimum atomic E-state index is -0.302. The number of methoxy groups -OCH3 is 1. The number of carbonyl (C=O) groups is 1. The molecule has 0 fully saturated rings. The molecule has 0 amide bonds. The number of aromatic amines is 1. The number of rotatable bonds is 6.